The van der Waals surface area contributed by atoms with Gasteiger partial charge in [0.25, 0.3) is 0 Å². The van der Waals surface area contributed by atoms with Gasteiger partial charge in [-0.05, 0) is 30.2 Å². The van der Waals surface area contributed by atoms with Crippen LogP contribution in [0, 0.1) is 6.92 Å². The van der Waals surface area contributed by atoms with Gasteiger partial charge in [-0.1, -0.05) is 42.0 Å². The maximum absolute atomic E-state index is 12.5. The van der Waals surface area contributed by atoms with Crippen LogP contribution in [0.2, 0.25) is 0 Å². The zero-order valence-electron chi connectivity index (χ0n) is 12.7. The first-order chi connectivity index (χ1) is 9.98. The van der Waals surface area contributed by atoms with Crippen molar-refractivity contribution < 1.29 is 8.95 Å². The van der Waals surface area contributed by atoms with Gasteiger partial charge in [0, 0.05) is 16.0 Å². The summed E-state index contributed by atoms with van der Waals surface area (Å²) in [7, 11) is -0.579. The number of aryl methyl sites for hydroxylation is 1. The van der Waals surface area contributed by atoms with E-state index in [4.69, 9.17) is 4.74 Å². The minimum Gasteiger partial charge on any atom is -0.497 e. The van der Waals surface area contributed by atoms with E-state index in [9.17, 15) is 4.21 Å². The molecule has 0 aliphatic heterocycles. The Morgan fingerprint density at radius 1 is 1.00 bits per heavy atom. The Bertz CT molecular complexity index is 697. The molecule has 0 bridgehead atoms. The van der Waals surface area contributed by atoms with Crippen molar-refractivity contribution in [2.24, 2.45) is 4.36 Å². The molecule has 1 atom stereocenters. The predicted molar refractivity (Wildman–Crippen MR) is 88.1 cm³/mol. The van der Waals surface area contributed by atoms with Gasteiger partial charge in [-0.2, -0.15) is 0 Å². The lowest BCUT2D eigenvalue weighted by molar-refractivity contribution is 0.414. The minimum absolute atomic E-state index is 0.463. The molecular formula is C17H21NO2S. The third-order valence-corrected chi connectivity index (χ3v) is 4.78. The van der Waals surface area contributed by atoms with Crippen molar-refractivity contribution in [2.45, 2.75) is 19.2 Å². The van der Waals surface area contributed by atoms with E-state index in [1.54, 1.807) is 13.4 Å². The molecule has 0 spiro atoms. The molecule has 0 saturated heterocycles. The van der Waals surface area contributed by atoms with Crippen LogP contribution in [0.15, 0.2) is 52.9 Å². The highest BCUT2D eigenvalue weighted by atomic mass is 32.2. The molecular weight excluding hydrogens is 282 g/mol. The Balaban J connectivity index is 2.07. The van der Waals surface area contributed by atoms with Crippen molar-refractivity contribution in [1.29, 1.82) is 0 Å². The molecule has 2 rings (SSSR count). The van der Waals surface area contributed by atoms with E-state index in [-0.39, 0.29) is 0 Å². The fourth-order valence-electron chi connectivity index (χ4n) is 1.98. The second-order valence-electron chi connectivity index (χ2n) is 5.22. The van der Waals surface area contributed by atoms with E-state index in [0.717, 1.165) is 16.9 Å². The summed E-state index contributed by atoms with van der Waals surface area (Å²) in [6.45, 7) is 2.51. The summed E-state index contributed by atoms with van der Waals surface area (Å²) in [6, 6.07) is 15.8. The van der Waals surface area contributed by atoms with Crippen molar-refractivity contribution in [3.63, 3.8) is 0 Å². The van der Waals surface area contributed by atoms with Crippen molar-refractivity contribution in [2.75, 3.05) is 13.4 Å². The summed E-state index contributed by atoms with van der Waals surface area (Å²) >= 11 is 0. The number of rotatable bonds is 5. The van der Waals surface area contributed by atoms with Gasteiger partial charge in [-0.15, -0.1) is 0 Å². The molecule has 0 N–H and O–H groups in total. The summed E-state index contributed by atoms with van der Waals surface area (Å²) < 4.78 is 22.0. The summed E-state index contributed by atoms with van der Waals surface area (Å²) in [5, 5.41) is 0. The minimum atomic E-state index is -2.22. The average molecular weight is 303 g/mol. The molecule has 0 amide bonds. The summed E-state index contributed by atoms with van der Waals surface area (Å²) in [5.41, 5.74) is 3.30. The molecule has 21 heavy (non-hydrogen) atoms. The second-order valence-corrected chi connectivity index (χ2v) is 7.69. The lowest BCUT2D eigenvalue weighted by atomic mass is 10.2. The lowest BCUT2D eigenvalue weighted by Gasteiger charge is -2.06. The molecule has 3 nitrogen and oxygen atoms in total. The monoisotopic (exact) mass is 303 g/mol. The van der Waals surface area contributed by atoms with Crippen LogP contribution in [0.4, 0.5) is 0 Å². The summed E-state index contributed by atoms with van der Waals surface area (Å²) in [6.07, 6.45) is 1.72. The largest absolute Gasteiger partial charge is 0.497 e. The smallest absolute Gasteiger partial charge is 0.118 e. The van der Waals surface area contributed by atoms with Gasteiger partial charge in [0.05, 0.1) is 19.4 Å². The highest BCUT2D eigenvalue weighted by Gasteiger charge is 2.04. The topological polar surface area (TPSA) is 38.7 Å². The van der Waals surface area contributed by atoms with Gasteiger partial charge in [0.1, 0.15) is 5.75 Å². The molecule has 2 aromatic carbocycles. The van der Waals surface area contributed by atoms with Gasteiger partial charge in [0.15, 0.2) is 0 Å². The Kier molecular flexibility index (Phi) is 5.02. The standard InChI is InChI=1S/C17H21NO2S/c1-14-4-6-16(7-5-14)13-21(3,19)18-12-15-8-10-17(20-2)11-9-15/h4-11H,12-13H2,1-3H3. The van der Waals surface area contributed by atoms with Gasteiger partial charge in [-0.25, -0.2) is 8.57 Å². The van der Waals surface area contributed by atoms with E-state index in [1.165, 1.54) is 5.56 Å². The Hall–Kier alpha value is -1.81. The van der Waals surface area contributed by atoms with E-state index < -0.39 is 9.73 Å². The van der Waals surface area contributed by atoms with Crippen LogP contribution in [0.5, 0.6) is 5.75 Å². The average Bonchev–Trinajstić information content (AvgIpc) is 2.48. The molecule has 0 saturated carbocycles. The molecule has 0 fully saturated rings. The first-order valence-electron chi connectivity index (χ1n) is 6.82. The van der Waals surface area contributed by atoms with Crippen LogP contribution < -0.4 is 4.74 Å². The highest BCUT2D eigenvalue weighted by molar-refractivity contribution is 7.92. The fourth-order valence-corrected chi connectivity index (χ4v) is 3.31. The quantitative estimate of drug-likeness (QED) is 0.842. The lowest BCUT2D eigenvalue weighted by Crippen LogP contribution is -2.02. The SMILES string of the molecule is COc1ccc(CN=S(C)(=O)Cc2ccc(C)cc2)cc1. The summed E-state index contributed by atoms with van der Waals surface area (Å²) in [5.74, 6) is 1.30. The van der Waals surface area contributed by atoms with Crippen LogP contribution in [0.3, 0.4) is 0 Å². The molecule has 2 aromatic rings. The first kappa shape index (κ1) is 15.6. The highest BCUT2D eigenvalue weighted by Crippen LogP contribution is 2.14. The van der Waals surface area contributed by atoms with E-state index in [0.29, 0.717) is 12.3 Å². The van der Waals surface area contributed by atoms with Gasteiger partial charge < -0.3 is 4.74 Å². The molecule has 0 aromatic heterocycles. The zero-order chi connectivity index (χ0) is 15.3. The van der Waals surface area contributed by atoms with Crippen molar-refractivity contribution >= 4 is 9.73 Å². The molecule has 0 radical (unpaired) electrons. The van der Waals surface area contributed by atoms with Crippen LogP contribution in [-0.2, 0) is 22.0 Å². The zero-order valence-corrected chi connectivity index (χ0v) is 13.5. The van der Waals surface area contributed by atoms with Crippen molar-refractivity contribution in [1.82, 2.24) is 0 Å². The fraction of sp³-hybridized carbons (Fsp3) is 0.294. The Morgan fingerprint density at radius 2 is 1.57 bits per heavy atom. The number of benzene rings is 2. The van der Waals surface area contributed by atoms with Crippen LogP contribution in [-0.4, -0.2) is 17.6 Å². The molecule has 4 heteroatoms. The molecule has 0 aliphatic rings. The molecule has 0 aliphatic carbocycles. The molecule has 0 heterocycles. The van der Waals surface area contributed by atoms with Crippen LogP contribution in [0.1, 0.15) is 16.7 Å². The first-order valence-corrected chi connectivity index (χ1v) is 8.92. The number of methoxy groups -OCH3 is 1. The maximum atomic E-state index is 12.5. The van der Waals surface area contributed by atoms with Crippen LogP contribution >= 0.6 is 0 Å². The van der Waals surface area contributed by atoms with Crippen molar-refractivity contribution in [3.05, 3.63) is 65.2 Å². The Labute approximate surface area is 127 Å². The third-order valence-electron chi connectivity index (χ3n) is 3.23. The molecule has 112 valence electrons. The number of hydrogen-bond acceptors (Lipinski definition) is 3. The van der Waals surface area contributed by atoms with Crippen molar-refractivity contribution in [3.8, 4) is 5.75 Å². The van der Waals surface area contributed by atoms with Gasteiger partial charge in [-0.3, -0.25) is 0 Å². The third kappa shape index (κ3) is 4.90. The van der Waals surface area contributed by atoms with Gasteiger partial charge in [0.2, 0.25) is 0 Å². The van der Waals surface area contributed by atoms with Gasteiger partial charge >= 0.3 is 0 Å². The Morgan fingerprint density at radius 3 is 2.14 bits per heavy atom. The summed E-state index contributed by atoms with van der Waals surface area (Å²) in [4.78, 5) is 0. The number of nitrogens with zero attached hydrogens (tertiary/aromatic N) is 1. The molecule has 1 unspecified atom stereocenters. The van der Waals surface area contributed by atoms with E-state index in [2.05, 4.69) is 4.36 Å². The van der Waals surface area contributed by atoms with Crippen LogP contribution in [0.25, 0.3) is 0 Å². The maximum Gasteiger partial charge on any atom is 0.118 e. The van der Waals surface area contributed by atoms with E-state index >= 15 is 0 Å². The second kappa shape index (κ2) is 6.76. The number of ether oxygens (including phenoxy) is 1. The predicted octanol–water partition coefficient (Wildman–Crippen LogP) is 3.80. The van der Waals surface area contributed by atoms with E-state index in [1.807, 2.05) is 55.5 Å². The normalized spacial score (nSPS) is 13.5. The number of hydrogen-bond donors (Lipinski definition) is 0.